The molecule has 0 atom stereocenters. The molecule has 0 radical (unpaired) electrons. The third kappa shape index (κ3) is 5.90. The first-order chi connectivity index (χ1) is 15.4. The zero-order chi connectivity index (χ0) is 23.1. The van der Waals surface area contributed by atoms with Crippen molar-refractivity contribution in [2.45, 2.75) is 13.8 Å². The van der Waals surface area contributed by atoms with E-state index in [-0.39, 0.29) is 11.8 Å². The van der Waals surface area contributed by atoms with Crippen molar-refractivity contribution in [3.63, 3.8) is 0 Å². The van der Waals surface area contributed by atoms with E-state index in [0.717, 1.165) is 41.5 Å². The molecule has 0 N–H and O–H groups in total. The minimum Gasteiger partial charge on any atom is -0.497 e. The minimum absolute atomic E-state index is 0.148. The molecule has 0 bridgehead atoms. The maximum absolute atomic E-state index is 13.0. The second kappa shape index (κ2) is 10.8. The Morgan fingerprint density at radius 3 is 2.41 bits per heavy atom. The quantitative estimate of drug-likeness (QED) is 0.590. The number of piperazine rings is 1. The molecule has 1 aromatic carbocycles. The minimum atomic E-state index is 0.148. The van der Waals surface area contributed by atoms with Gasteiger partial charge in [0.1, 0.15) is 11.6 Å². The van der Waals surface area contributed by atoms with Crippen molar-refractivity contribution in [1.29, 1.82) is 0 Å². The van der Waals surface area contributed by atoms with Crippen molar-refractivity contribution in [2.24, 2.45) is 5.92 Å². The zero-order valence-corrected chi connectivity index (χ0v) is 19.6. The van der Waals surface area contributed by atoms with E-state index in [2.05, 4.69) is 36.4 Å². The average molecular weight is 435 g/mol. The van der Waals surface area contributed by atoms with Crippen molar-refractivity contribution >= 4 is 17.3 Å². The van der Waals surface area contributed by atoms with Gasteiger partial charge in [0.25, 0.3) is 0 Å². The molecule has 6 nitrogen and oxygen atoms in total. The van der Waals surface area contributed by atoms with E-state index in [4.69, 9.17) is 4.74 Å². The molecule has 1 fully saturated rings. The molecular formula is C26H34N4O2. The highest BCUT2D eigenvalue weighted by Gasteiger charge is 2.23. The molecule has 1 aliphatic heterocycles. The summed E-state index contributed by atoms with van der Waals surface area (Å²) in [7, 11) is 3.64. The molecule has 0 unspecified atom stereocenters. The van der Waals surface area contributed by atoms with E-state index < -0.39 is 0 Å². The molecule has 2 aromatic rings. The summed E-state index contributed by atoms with van der Waals surface area (Å²) in [5.74, 6) is 2.21. The Kier molecular flexibility index (Phi) is 7.92. The number of hydrogen-bond acceptors (Lipinski definition) is 5. The van der Waals surface area contributed by atoms with Crippen LogP contribution >= 0.6 is 0 Å². The maximum Gasteiger partial charge on any atom is 0.242 e. The van der Waals surface area contributed by atoms with Gasteiger partial charge in [-0.1, -0.05) is 38.6 Å². The van der Waals surface area contributed by atoms with Gasteiger partial charge >= 0.3 is 0 Å². The second-order valence-electron chi connectivity index (χ2n) is 8.39. The Labute approximate surface area is 191 Å². The number of allylic oxidation sites excluding steroid dienone is 3. The number of nitrogens with zero attached hydrogens (tertiary/aromatic N) is 4. The summed E-state index contributed by atoms with van der Waals surface area (Å²) in [6.07, 6.45) is 3.89. The van der Waals surface area contributed by atoms with Gasteiger partial charge in [-0.15, -0.1) is 0 Å². The number of likely N-dealkylation sites (N-methyl/N-ethyl adjacent to an activating group) is 1. The number of pyridine rings is 1. The van der Waals surface area contributed by atoms with Gasteiger partial charge in [-0.3, -0.25) is 4.79 Å². The molecule has 0 saturated carbocycles. The molecule has 32 heavy (non-hydrogen) atoms. The molecule has 1 aromatic heterocycles. The molecule has 1 amide bonds. The van der Waals surface area contributed by atoms with Gasteiger partial charge in [0.2, 0.25) is 5.91 Å². The van der Waals surface area contributed by atoms with Crippen LogP contribution in [0.5, 0.6) is 5.75 Å². The van der Waals surface area contributed by atoms with E-state index >= 15 is 0 Å². The molecule has 1 aliphatic rings. The monoisotopic (exact) mass is 434 g/mol. The molecule has 0 spiro atoms. The summed E-state index contributed by atoms with van der Waals surface area (Å²) in [5, 5.41) is 0. The lowest BCUT2D eigenvalue weighted by Gasteiger charge is -2.36. The highest BCUT2D eigenvalue weighted by Crippen LogP contribution is 2.23. The van der Waals surface area contributed by atoms with Crippen molar-refractivity contribution in [1.82, 2.24) is 14.8 Å². The molecule has 1 saturated heterocycles. The van der Waals surface area contributed by atoms with Gasteiger partial charge in [0.15, 0.2) is 0 Å². The average Bonchev–Trinajstić information content (AvgIpc) is 2.82. The third-order valence-corrected chi connectivity index (χ3v) is 5.79. The summed E-state index contributed by atoms with van der Waals surface area (Å²) >= 11 is 0. The first-order valence-electron chi connectivity index (χ1n) is 11.1. The molecule has 3 rings (SSSR count). The lowest BCUT2D eigenvalue weighted by molar-refractivity contribution is -0.132. The summed E-state index contributed by atoms with van der Waals surface area (Å²) in [6, 6.07) is 13.8. The number of aromatic nitrogens is 1. The fraction of sp³-hybridized carbons (Fsp3) is 0.385. The van der Waals surface area contributed by atoms with Crippen LogP contribution in [0, 0.1) is 5.92 Å². The third-order valence-electron chi connectivity index (χ3n) is 5.79. The number of anilines is 1. The SMILES string of the molecule is C=C(/C=C(/C(C)C)N(C)CC(=O)N1CCN(c2ccccn2)CC1)c1ccc(OC)cc1. The van der Waals surface area contributed by atoms with Gasteiger partial charge in [-0.2, -0.15) is 0 Å². The number of methoxy groups -OCH3 is 1. The lowest BCUT2D eigenvalue weighted by atomic mass is 10.0. The number of carbonyl (C=O) groups is 1. The van der Waals surface area contributed by atoms with Crippen LogP contribution in [-0.4, -0.2) is 67.6 Å². The van der Waals surface area contributed by atoms with Crippen LogP contribution in [0.2, 0.25) is 0 Å². The predicted molar refractivity (Wildman–Crippen MR) is 131 cm³/mol. The van der Waals surface area contributed by atoms with Crippen LogP contribution in [0.4, 0.5) is 5.82 Å². The van der Waals surface area contributed by atoms with Gasteiger partial charge in [-0.05, 0) is 47.4 Å². The van der Waals surface area contributed by atoms with Crippen LogP contribution in [-0.2, 0) is 4.79 Å². The van der Waals surface area contributed by atoms with E-state index in [0.29, 0.717) is 19.6 Å². The number of carbonyl (C=O) groups excluding carboxylic acids is 1. The van der Waals surface area contributed by atoms with Crippen LogP contribution < -0.4 is 9.64 Å². The Hall–Kier alpha value is -3.28. The lowest BCUT2D eigenvalue weighted by Crippen LogP contribution is -2.51. The normalized spacial score (nSPS) is 14.5. The highest BCUT2D eigenvalue weighted by molar-refractivity contribution is 5.79. The van der Waals surface area contributed by atoms with E-state index in [1.165, 1.54) is 0 Å². The number of hydrogen-bond donors (Lipinski definition) is 0. The Morgan fingerprint density at radius 2 is 1.84 bits per heavy atom. The van der Waals surface area contributed by atoms with Gasteiger partial charge in [0, 0.05) is 45.1 Å². The largest absolute Gasteiger partial charge is 0.497 e. The van der Waals surface area contributed by atoms with E-state index in [1.54, 1.807) is 13.3 Å². The smallest absolute Gasteiger partial charge is 0.242 e. The number of ether oxygens (including phenoxy) is 1. The van der Waals surface area contributed by atoms with Crippen molar-refractivity contribution in [2.75, 3.05) is 51.8 Å². The van der Waals surface area contributed by atoms with Crippen LogP contribution in [0.15, 0.2) is 67.0 Å². The fourth-order valence-electron chi connectivity index (χ4n) is 3.90. The molecular weight excluding hydrogens is 400 g/mol. The number of benzene rings is 1. The predicted octanol–water partition coefficient (Wildman–Crippen LogP) is 3.92. The Morgan fingerprint density at radius 1 is 1.16 bits per heavy atom. The number of amides is 1. The Balaban J connectivity index is 1.60. The van der Waals surface area contributed by atoms with Crippen LogP contribution in [0.3, 0.4) is 0 Å². The molecule has 170 valence electrons. The summed E-state index contributed by atoms with van der Waals surface area (Å²) < 4.78 is 5.24. The van der Waals surface area contributed by atoms with Gasteiger partial charge in [0.05, 0.1) is 13.7 Å². The van der Waals surface area contributed by atoms with Crippen molar-refractivity contribution < 1.29 is 9.53 Å². The number of rotatable bonds is 8. The van der Waals surface area contributed by atoms with E-state index in [1.807, 2.05) is 59.3 Å². The molecule has 2 heterocycles. The Bertz CT molecular complexity index is 930. The van der Waals surface area contributed by atoms with Crippen LogP contribution in [0.25, 0.3) is 5.57 Å². The first-order valence-corrected chi connectivity index (χ1v) is 11.1. The topological polar surface area (TPSA) is 48.9 Å². The summed E-state index contributed by atoms with van der Waals surface area (Å²) in [4.78, 5) is 23.6. The van der Waals surface area contributed by atoms with Gasteiger partial charge in [-0.25, -0.2) is 4.98 Å². The second-order valence-corrected chi connectivity index (χ2v) is 8.39. The first kappa shape index (κ1) is 23.4. The van der Waals surface area contributed by atoms with Gasteiger partial charge < -0.3 is 19.4 Å². The highest BCUT2D eigenvalue weighted by atomic mass is 16.5. The summed E-state index contributed by atoms with van der Waals surface area (Å²) in [6.45, 7) is 11.9. The standard InChI is InChI=1S/C26H34N4O2/c1-20(2)24(18-21(3)22-9-11-23(32-5)12-10-22)28(4)19-26(31)30-16-14-29(15-17-30)25-8-6-7-13-27-25/h6-13,18,20H,3,14-17,19H2,1-2,4-5H3/b24-18-. The van der Waals surface area contributed by atoms with Crippen LogP contribution in [0.1, 0.15) is 19.4 Å². The zero-order valence-electron chi connectivity index (χ0n) is 19.6. The van der Waals surface area contributed by atoms with E-state index in [9.17, 15) is 4.79 Å². The molecule has 0 aliphatic carbocycles. The summed E-state index contributed by atoms with van der Waals surface area (Å²) in [5.41, 5.74) is 3.04. The fourth-order valence-corrected chi connectivity index (χ4v) is 3.90. The van der Waals surface area contributed by atoms with Crippen molar-refractivity contribution in [3.8, 4) is 5.75 Å². The van der Waals surface area contributed by atoms with Crippen molar-refractivity contribution in [3.05, 3.63) is 72.6 Å². The molecule has 6 heteroatoms. The maximum atomic E-state index is 13.0.